The number of hydrogen-bond acceptors (Lipinski definition) is 2. The minimum Gasteiger partial charge on any atom is -0.489 e. The number of rotatable bonds is 2. The Morgan fingerprint density at radius 3 is 3.07 bits per heavy atom. The van der Waals surface area contributed by atoms with Gasteiger partial charge in [-0.15, -0.1) is 0 Å². The van der Waals surface area contributed by atoms with E-state index in [9.17, 15) is 0 Å². The van der Waals surface area contributed by atoms with Crippen LogP contribution in [0, 0.1) is 6.92 Å². The van der Waals surface area contributed by atoms with Crippen LogP contribution in [0.25, 0.3) is 0 Å². The quantitative estimate of drug-likeness (QED) is 0.877. The molecule has 2 nitrogen and oxygen atoms in total. The predicted molar refractivity (Wildman–Crippen MR) is 60.8 cm³/mol. The van der Waals surface area contributed by atoms with E-state index in [1.807, 2.05) is 12.1 Å². The summed E-state index contributed by atoms with van der Waals surface area (Å²) < 4.78 is 6.97. The van der Waals surface area contributed by atoms with Gasteiger partial charge >= 0.3 is 0 Å². The van der Waals surface area contributed by atoms with E-state index in [-0.39, 0.29) is 0 Å². The minimum atomic E-state index is 0.336. The second-order valence-electron chi connectivity index (χ2n) is 3.64. The van der Waals surface area contributed by atoms with Gasteiger partial charge in [-0.1, -0.05) is 22.0 Å². The number of ether oxygens (including phenoxy) is 1. The fourth-order valence-electron chi connectivity index (χ4n) is 1.61. The standard InChI is InChI=1S/C11H14BrNO/c1-8-2-3-9(12)6-11(8)14-10-4-5-13-7-10/h2-3,6,10,13H,4-5,7H2,1H3/t10-/m1/s1. The molecule has 2 rings (SSSR count). The summed E-state index contributed by atoms with van der Waals surface area (Å²) >= 11 is 3.45. The summed E-state index contributed by atoms with van der Waals surface area (Å²) in [6.45, 7) is 4.10. The summed E-state index contributed by atoms with van der Waals surface area (Å²) in [5.74, 6) is 0.994. The average molecular weight is 256 g/mol. The molecule has 1 aromatic rings. The predicted octanol–water partition coefficient (Wildman–Crippen LogP) is 2.50. The monoisotopic (exact) mass is 255 g/mol. The first-order valence-corrected chi connectivity index (χ1v) is 5.68. The molecule has 3 heteroatoms. The van der Waals surface area contributed by atoms with Crippen molar-refractivity contribution >= 4 is 15.9 Å². The van der Waals surface area contributed by atoms with Crippen molar-refractivity contribution in [3.63, 3.8) is 0 Å². The molecule has 1 aromatic carbocycles. The summed E-state index contributed by atoms with van der Waals surface area (Å²) in [5.41, 5.74) is 1.19. The van der Waals surface area contributed by atoms with E-state index in [2.05, 4.69) is 34.2 Å². The van der Waals surface area contributed by atoms with Gasteiger partial charge in [-0.05, 0) is 37.6 Å². The van der Waals surface area contributed by atoms with Crippen molar-refractivity contribution in [3.05, 3.63) is 28.2 Å². The molecule has 0 aliphatic carbocycles. The Hall–Kier alpha value is -0.540. The van der Waals surface area contributed by atoms with E-state index in [1.54, 1.807) is 0 Å². The molecule has 0 spiro atoms. The topological polar surface area (TPSA) is 21.3 Å². The van der Waals surface area contributed by atoms with Crippen molar-refractivity contribution in [2.45, 2.75) is 19.4 Å². The molecular formula is C11H14BrNO. The molecule has 0 amide bonds. The summed E-state index contributed by atoms with van der Waals surface area (Å²) in [7, 11) is 0. The van der Waals surface area contributed by atoms with Gasteiger partial charge in [0.1, 0.15) is 11.9 Å². The molecule has 1 aliphatic heterocycles. The van der Waals surface area contributed by atoms with Gasteiger partial charge < -0.3 is 10.1 Å². The molecule has 1 heterocycles. The van der Waals surface area contributed by atoms with Crippen LogP contribution in [0.1, 0.15) is 12.0 Å². The fraction of sp³-hybridized carbons (Fsp3) is 0.455. The summed E-state index contributed by atoms with van der Waals surface area (Å²) in [6, 6.07) is 6.14. The van der Waals surface area contributed by atoms with E-state index < -0.39 is 0 Å². The van der Waals surface area contributed by atoms with Gasteiger partial charge in [0, 0.05) is 11.0 Å². The molecule has 1 fully saturated rings. The molecule has 76 valence electrons. The number of aryl methyl sites for hydroxylation is 1. The number of benzene rings is 1. The normalized spacial score (nSPS) is 21.1. The lowest BCUT2D eigenvalue weighted by Gasteiger charge is -2.14. The van der Waals surface area contributed by atoms with Crippen LogP contribution < -0.4 is 10.1 Å². The van der Waals surface area contributed by atoms with Gasteiger partial charge in [0.2, 0.25) is 0 Å². The first kappa shape index (κ1) is 9.99. The smallest absolute Gasteiger partial charge is 0.123 e. The van der Waals surface area contributed by atoms with Crippen LogP contribution in [0.5, 0.6) is 5.75 Å². The molecular weight excluding hydrogens is 242 g/mol. The van der Waals surface area contributed by atoms with Crippen molar-refractivity contribution in [1.82, 2.24) is 5.32 Å². The molecule has 14 heavy (non-hydrogen) atoms. The highest BCUT2D eigenvalue weighted by Crippen LogP contribution is 2.24. The fourth-order valence-corrected chi connectivity index (χ4v) is 1.95. The van der Waals surface area contributed by atoms with Crippen LogP contribution in [0.4, 0.5) is 0 Å². The van der Waals surface area contributed by atoms with Crippen molar-refractivity contribution in [1.29, 1.82) is 0 Å². The van der Waals surface area contributed by atoms with Crippen LogP contribution in [0.15, 0.2) is 22.7 Å². The SMILES string of the molecule is Cc1ccc(Br)cc1O[C@@H]1CCNC1. The van der Waals surface area contributed by atoms with Crippen LogP contribution in [-0.4, -0.2) is 19.2 Å². The Labute approximate surface area is 92.8 Å². The second kappa shape index (κ2) is 4.32. The van der Waals surface area contributed by atoms with Crippen molar-refractivity contribution < 1.29 is 4.74 Å². The van der Waals surface area contributed by atoms with E-state index >= 15 is 0 Å². The van der Waals surface area contributed by atoms with Crippen LogP contribution >= 0.6 is 15.9 Å². The third-order valence-electron chi connectivity index (χ3n) is 2.46. The number of halogens is 1. The second-order valence-corrected chi connectivity index (χ2v) is 4.56. The number of hydrogen-bond donors (Lipinski definition) is 1. The van der Waals surface area contributed by atoms with Gasteiger partial charge in [-0.25, -0.2) is 0 Å². The molecule has 1 saturated heterocycles. The molecule has 0 saturated carbocycles. The first-order valence-electron chi connectivity index (χ1n) is 4.89. The maximum absolute atomic E-state index is 5.89. The Balaban J connectivity index is 2.10. The van der Waals surface area contributed by atoms with E-state index in [1.165, 1.54) is 5.56 Å². The van der Waals surface area contributed by atoms with E-state index in [4.69, 9.17) is 4.74 Å². The van der Waals surface area contributed by atoms with Gasteiger partial charge in [0.05, 0.1) is 0 Å². The highest BCUT2D eigenvalue weighted by molar-refractivity contribution is 9.10. The van der Waals surface area contributed by atoms with E-state index in [0.29, 0.717) is 6.10 Å². The molecule has 1 N–H and O–H groups in total. The van der Waals surface area contributed by atoms with Crippen molar-refractivity contribution in [2.24, 2.45) is 0 Å². The lowest BCUT2D eigenvalue weighted by atomic mass is 10.2. The largest absolute Gasteiger partial charge is 0.489 e. The molecule has 0 radical (unpaired) electrons. The Morgan fingerprint density at radius 1 is 1.50 bits per heavy atom. The summed E-state index contributed by atoms with van der Waals surface area (Å²) in [5, 5.41) is 3.29. The lowest BCUT2D eigenvalue weighted by Crippen LogP contribution is -2.19. The minimum absolute atomic E-state index is 0.336. The van der Waals surface area contributed by atoms with Gasteiger partial charge in [0.25, 0.3) is 0 Å². The highest BCUT2D eigenvalue weighted by Gasteiger charge is 2.16. The van der Waals surface area contributed by atoms with E-state index in [0.717, 1.165) is 29.7 Å². The zero-order valence-corrected chi connectivity index (χ0v) is 9.80. The van der Waals surface area contributed by atoms with Crippen LogP contribution in [-0.2, 0) is 0 Å². The lowest BCUT2D eigenvalue weighted by molar-refractivity contribution is 0.221. The molecule has 0 bridgehead atoms. The van der Waals surface area contributed by atoms with Gasteiger partial charge in [-0.3, -0.25) is 0 Å². The van der Waals surface area contributed by atoms with Crippen molar-refractivity contribution in [2.75, 3.05) is 13.1 Å². The van der Waals surface area contributed by atoms with Crippen LogP contribution in [0.2, 0.25) is 0 Å². The van der Waals surface area contributed by atoms with Gasteiger partial charge in [0.15, 0.2) is 0 Å². The Kier molecular flexibility index (Phi) is 3.08. The average Bonchev–Trinajstić information content (AvgIpc) is 2.64. The molecule has 0 unspecified atom stereocenters. The zero-order valence-electron chi connectivity index (χ0n) is 8.22. The third-order valence-corrected chi connectivity index (χ3v) is 2.95. The summed E-state index contributed by atoms with van der Waals surface area (Å²) in [4.78, 5) is 0. The van der Waals surface area contributed by atoms with Gasteiger partial charge in [-0.2, -0.15) is 0 Å². The highest BCUT2D eigenvalue weighted by atomic mass is 79.9. The Morgan fingerprint density at radius 2 is 2.36 bits per heavy atom. The molecule has 0 aromatic heterocycles. The summed E-state index contributed by atoms with van der Waals surface area (Å²) in [6.07, 6.45) is 1.44. The molecule has 1 atom stereocenters. The first-order chi connectivity index (χ1) is 6.75. The maximum atomic E-state index is 5.89. The maximum Gasteiger partial charge on any atom is 0.123 e. The molecule has 1 aliphatic rings. The van der Waals surface area contributed by atoms with Crippen molar-refractivity contribution in [3.8, 4) is 5.75 Å². The third kappa shape index (κ3) is 2.28. The Bertz CT molecular complexity index is 321. The number of nitrogens with one attached hydrogen (secondary N) is 1. The van der Waals surface area contributed by atoms with Crippen LogP contribution in [0.3, 0.4) is 0 Å². The zero-order chi connectivity index (χ0) is 9.97.